The lowest BCUT2D eigenvalue weighted by molar-refractivity contribution is 0.313. The third kappa shape index (κ3) is 2.37. The molecule has 1 heterocycles. The van der Waals surface area contributed by atoms with Crippen molar-refractivity contribution >= 4 is 17.1 Å². The molecular formula is C16H18N2O2. The van der Waals surface area contributed by atoms with Crippen LogP contribution >= 0.6 is 0 Å². The number of hydrogen-bond donors (Lipinski definition) is 1. The molecule has 1 N–H and O–H groups in total. The maximum absolute atomic E-state index is 5.81. The van der Waals surface area contributed by atoms with Crippen molar-refractivity contribution < 1.29 is 9.47 Å². The van der Waals surface area contributed by atoms with Gasteiger partial charge in [-0.25, -0.2) is 0 Å². The van der Waals surface area contributed by atoms with Gasteiger partial charge >= 0.3 is 0 Å². The second-order valence-corrected chi connectivity index (χ2v) is 4.78. The van der Waals surface area contributed by atoms with E-state index in [9.17, 15) is 0 Å². The van der Waals surface area contributed by atoms with Crippen molar-refractivity contribution in [2.24, 2.45) is 0 Å². The first-order valence-corrected chi connectivity index (χ1v) is 6.66. The monoisotopic (exact) mass is 270 g/mol. The Morgan fingerprint density at radius 1 is 1.15 bits per heavy atom. The van der Waals surface area contributed by atoms with Gasteiger partial charge in [0.2, 0.25) is 0 Å². The number of ether oxygens (including phenoxy) is 2. The number of methoxy groups -OCH3 is 1. The summed E-state index contributed by atoms with van der Waals surface area (Å²) in [6.45, 7) is 1.63. The molecular weight excluding hydrogens is 252 g/mol. The summed E-state index contributed by atoms with van der Waals surface area (Å²) in [5, 5.41) is 3.40. The van der Waals surface area contributed by atoms with Gasteiger partial charge in [0.1, 0.15) is 12.4 Å². The molecule has 2 aromatic rings. The molecule has 0 aliphatic carbocycles. The van der Waals surface area contributed by atoms with Gasteiger partial charge in [0.15, 0.2) is 5.75 Å². The number of fused-ring (bicyclic) bond motifs is 1. The Labute approximate surface area is 118 Å². The van der Waals surface area contributed by atoms with Crippen LogP contribution in [0.5, 0.6) is 11.5 Å². The average Bonchev–Trinajstić information content (AvgIpc) is 2.49. The van der Waals surface area contributed by atoms with Gasteiger partial charge in [-0.05, 0) is 36.4 Å². The molecule has 0 bridgehead atoms. The predicted molar refractivity (Wildman–Crippen MR) is 81.5 cm³/mol. The van der Waals surface area contributed by atoms with E-state index in [1.807, 2.05) is 36.4 Å². The van der Waals surface area contributed by atoms with Crippen LogP contribution in [0.25, 0.3) is 0 Å². The summed E-state index contributed by atoms with van der Waals surface area (Å²) < 4.78 is 11.0. The van der Waals surface area contributed by atoms with E-state index in [0.717, 1.165) is 35.1 Å². The quantitative estimate of drug-likeness (QED) is 0.928. The molecule has 104 valence electrons. The second kappa shape index (κ2) is 5.33. The van der Waals surface area contributed by atoms with Crippen LogP contribution in [0.1, 0.15) is 0 Å². The van der Waals surface area contributed by atoms with Crippen LogP contribution < -0.4 is 19.7 Å². The van der Waals surface area contributed by atoms with E-state index in [-0.39, 0.29) is 0 Å². The standard InChI is InChI=1S/C16H18N2O2/c1-18-10-11-20-16-14(4-3-5-15(16)18)17-12-6-8-13(19-2)9-7-12/h3-9,17H,10-11H2,1-2H3. The van der Waals surface area contributed by atoms with Crippen LogP contribution in [0, 0.1) is 0 Å². The number of anilines is 3. The molecule has 3 rings (SSSR count). The Hall–Kier alpha value is -2.36. The largest absolute Gasteiger partial charge is 0.497 e. The van der Waals surface area contributed by atoms with Gasteiger partial charge in [0.25, 0.3) is 0 Å². The maximum atomic E-state index is 5.81. The summed E-state index contributed by atoms with van der Waals surface area (Å²) in [5.74, 6) is 1.76. The molecule has 2 aromatic carbocycles. The summed E-state index contributed by atoms with van der Waals surface area (Å²) in [6.07, 6.45) is 0. The highest BCUT2D eigenvalue weighted by Crippen LogP contribution is 2.39. The minimum Gasteiger partial charge on any atom is -0.497 e. The molecule has 20 heavy (non-hydrogen) atoms. The van der Waals surface area contributed by atoms with Crippen molar-refractivity contribution in [1.29, 1.82) is 0 Å². The predicted octanol–water partition coefficient (Wildman–Crippen LogP) is 3.27. The Kier molecular flexibility index (Phi) is 3.37. The van der Waals surface area contributed by atoms with Crippen molar-refractivity contribution in [2.45, 2.75) is 0 Å². The number of nitrogens with one attached hydrogen (secondary N) is 1. The van der Waals surface area contributed by atoms with Crippen molar-refractivity contribution in [1.82, 2.24) is 0 Å². The zero-order chi connectivity index (χ0) is 13.9. The molecule has 0 unspecified atom stereocenters. The smallest absolute Gasteiger partial charge is 0.166 e. The van der Waals surface area contributed by atoms with E-state index in [4.69, 9.17) is 9.47 Å². The molecule has 4 heteroatoms. The topological polar surface area (TPSA) is 33.7 Å². The van der Waals surface area contributed by atoms with Crippen molar-refractivity contribution in [3.63, 3.8) is 0 Å². The average molecular weight is 270 g/mol. The lowest BCUT2D eigenvalue weighted by Crippen LogP contribution is -2.29. The van der Waals surface area contributed by atoms with Gasteiger partial charge in [0, 0.05) is 12.7 Å². The SMILES string of the molecule is COc1ccc(Nc2cccc3c2OCCN3C)cc1. The highest BCUT2D eigenvalue weighted by Gasteiger charge is 2.17. The zero-order valence-corrected chi connectivity index (χ0v) is 11.7. The Balaban J connectivity index is 1.88. The molecule has 4 nitrogen and oxygen atoms in total. The van der Waals surface area contributed by atoms with E-state index in [0.29, 0.717) is 6.61 Å². The van der Waals surface area contributed by atoms with E-state index < -0.39 is 0 Å². The summed E-state index contributed by atoms with van der Waals surface area (Å²) in [6, 6.07) is 14.0. The van der Waals surface area contributed by atoms with E-state index in [1.165, 1.54) is 0 Å². The zero-order valence-electron chi connectivity index (χ0n) is 11.7. The van der Waals surface area contributed by atoms with Crippen LogP contribution in [-0.2, 0) is 0 Å². The Bertz CT molecular complexity index is 596. The molecule has 0 saturated heterocycles. The number of rotatable bonds is 3. The van der Waals surface area contributed by atoms with Gasteiger partial charge in [-0.2, -0.15) is 0 Å². The van der Waals surface area contributed by atoms with Crippen molar-refractivity contribution in [3.8, 4) is 11.5 Å². The molecule has 0 aromatic heterocycles. The first-order chi connectivity index (χ1) is 9.78. The third-order valence-electron chi connectivity index (χ3n) is 3.45. The summed E-state index contributed by atoms with van der Waals surface area (Å²) in [7, 11) is 3.75. The van der Waals surface area contributed by atoms with Gasteiger partial charge in [-0.3, -0.25) is 0 Å². The lowest BCUT2D eigenvalue weighted by atomic mass is 10.2. The van der Waals surface area contributed by atoms with Gasteiger partial charge in [0.05, 0.1) is 25.0 Å². The molecule has 0 spiro atoms. The molecule has 0 fully saturated rings. The number of benzene rings is 2. The Morgan fingerprint density at radius 3 is 2.70 bits per heavy atom. The maximum Gasteiger partial charge on any atom is 0.166 e. The number of nitrogens with zero attached hydrogens (tertiary/aromatic N) is 1. The number of hydrogen-bond acceptors (Lipinski definition) is 4. The molecule has 1 aliphatic rings. The fraction of sp³-hybridized carbons (Fsp3) is 0.250. The normalized spacial score (nSPS) is 13.4. The molecule has 0 atom stereocenters. The van der Waals surface area contributed by atoms with Crippen LogP contribution in [0.15, 0.2) is 42.5 Å². The minimum atomic E-state index is 0.713. The summed E-state index contributed by atoms with van der Waals surface area (Å²) >= 11 is 0. The van der Waals surface area contributed by atoms with Gasteiger partial charge in [-0.15, -0.1) is 0 Å². The van der Waals surface area contributed by atoms with Crippen LogP contribution in [0.2, 0.25) is 0 Å². The van der Waals surface area contributed by atoms with E-state index >= 15 is 0 Å². The highest BCUT2D eigenvalue weighted by atomic mass is 16.5. The highest BCUT2D eigenvalue weighted by molar-refractivity contribution is 5.76. The molecule has 0 amide bonds. The molecule has 0 radical (unpaired) electrons. The van der Waals surface area contributed by atoms with Crippen molar-refractivity contribution in [3.05, 3.63) is 42.5 Å². The van der Waals surface area contributed by atoms with Gasteiger partial charge < -0.3 is 19.7 Å². The van der Waals surface area contributed by atoms with Crippen LogP contribution in [0.4, 0.5) is 17.1 Å². The van der Waals surface area contributed by atoms with Gasteiger partial charge in [-0.1, -0.05) is 6.07 Å². The second-order valence-electron chi connectivity index (χ2n) is 4.78. The minimum absolute atomic E-state index is 0.713. The first-order valence-electron chi connectivity index (χ1n) is 6.66. The van der Waals surface area contributed by atoms with E-state index in [2.05, 4.69) is 23.3 Å². The molecule has 0 saturated carbocycles. The third-order valence-corrected chi connectivity index (χ3v) is 3.45. The van der Waals surface area contributed by atoms with E-state index in [1.54, 1.807) is 7.11 Å². The van der Waals surface area contributed by atoms with Crippen molar-refractivity contribution in [2.75, 3.05) is 37.5 Å². The number of likely N-dealkylation sites (N-methyl/N-ethyl adjacent to an activating group) is 1. The number of para-hydroxylation sites is 1. The van der Waals surface area contributed by atoms with Crippen LogP contribution in [-0.4, -0.2) is 27.3 Å². The van der Waals surface area contributed by atoms with Crippen LogP contribution in [0.3, 0.4) is 0 Å². The summed E-state index contributed by atoms with van der Waals surface area (Å²) in [4.78, 5) is 2.21. The lowest BCUT2D eigenvalue weighted by Gasteiger charge is -2.29. The summed E-state index contributed by atoms with van der Waals surface area (Å²) in [5.41, 5.74) is 3.12. The first kappa shape index (κ1) is 12.7. The Morgan fingerprint density at radius 2 is 1.95 bits per heavy atom. The fourth-order valence-electron chi connectivity index (χ4n) is 2.31. The fourth-order valence-corrected chi connectivity index (χ4v) is 2.31. The molecule has 1 aliphatic heterocycles.